The van der Waals surface area contributed by atoms with Gasteiger partial charge in [0.2, 0.25) is 0 Å². The lowest BCUT2D eigenvalue weighted by Gasteiger charge is -2.22. The van der Waals surface area contributed by atoms with Crippen LogP contribution in [0.3, 0.4) is 0 Å². The molecule has 0 spiro atoms. The van der Waals surface area contributed by atoms with Crippen molar-refractivity contribution in [1.82, 2.24) is 5.32 Å². The first-order chi connectivity index (χ1) is 5.86. The third kappa shape index (κ3) is 1.55. The number of nitrogens with one attached hydrogen (secondary N) is 1. The van der Waals surface area contributed by atoms with Gasteiger partial charge in [0.1, 0.15) is 0 Å². The summed E-state index contributed by atoms with van der Waals surface area (Å²) in [5, 5.41) is 3.53. The molecule has 1 nitrogen and oxygen atoms in total. The molecule has 1 aliphatic carbocycles. The van der Waals surface area contributed by atoms with Crippen LogP contribution in [0, 0.1) is 5.92 Å². The maximum Gasteiger partial charge on any atom is 0.0416 e. The van der Waals surface area contributed by atoms with E-state index >= 15 is 0 Å². The van der Waals surface area contributed by atoms with Gasteiger partial charge in [-0.3, -0.25) is 0 Å². The molecular formula is C11H17N. The molecule has 1 fully saturated rings. The molecule has 1 saturated carbocycles. The first-order valence-corrected chi connectivity index (χ1v) is 5.01. The van der Waals surface area contributed by atoms with Gasteiger partial charge in [0, 0.05) is 11.7 Å². The van der Waals surface area contributed by atoms with Crippen LogP contribution in [0.5, 0.6) is 0 Å². The van der Waals surface area contributed by atoms with Gasteiger partial charge in [0.15, 0.2) is 0 Å². The predicted molar refractivity (Wildman–Crippen MR) is 51.8 cm³/mol. The molecule has 1 unspecified atom stereocenters. The smallest absolute Gasteiger partial charge is 0.0416 e. The van der Waals surface area contributed by atoms with Gasteiger partial charge < -0.3 is 5.32 Å². The van der Waals surface area contributed by atoms with E-state index in [4.69, 9.17) is 0 Å². The van der Waals surface area contributed by atoms with Crippen molar-refractivity contribution in [2.45, 2.75) is 38.6 Å². The second-order valence-electron chi connectivity index (χ2n) is 3.92. The average Bonchev–Trinajstić information content (AvgIpc) is 2.56. The quantitative estimate of drug-likeness (QED) is 0.626. The predicted octanol–water partition coefficient (Wildman–Crippen LogP) is 2.61. The van der Waals surface area contributed by atoms with Crippen LogP contribution in [-0.4, -0.2) is 6.04 Å². The largest absolute Gasteiger partial charge is 0.382 e. The summed E-state index contributed by atoms with van der Waals surface area (Å²) in [5.41, 5.74) is 1.47. The summed E-state index contributed by atoms with van der Waals surface area (Å²) in [4.78, 5) is 0. The van der Waals surface area contributed by atoms with E-state index in [0.29, 0.717) is 6.04 Å². The van der Waals surface area contributed by atoms with Crippen LogP contribution < -0.4 is 5.32 Å². The molecule has 1 heteroatoms. The fourth-order valence-corrected chi connectivity index (χ4v) is 2.18. The van der Waals surface area contributed by atoms with Crippen LogP contribution in [0.1, 0.15) is 32.6 Å². The minimum atomic E-state index is 0.533. The number of rotatable bonds is 1. The molecule has 2 aliphatic rings. The normalized spacial score (nSPS) is 30.1. The molecule has 0 bridgehead atoms. The van der Waals surface area contributed by atoms with E-state index in [2.05, 4.69) is 30.5 Å². The minimum Gasteiger partial charge on any atom is -0.382 e. The summed E-state index contributed by atoms with van der Waals surface area (Å²) in [6.07, 6.45) is 12.3. The van der Waals surface area contributed by atoms with Crippen molar-refractivity contribution in [2.75, 3.05) is 0 Å². The SMILES string of the molecule is CC1C=CC=C(C2CCCC2)N1. The molecule has 1 atom stereocenters. The van der Waals surface area contributed by atoms with Gasteiger partial charge in [-0.25, -0.2) is 0 Å². The Kier molecular flexibility index (Phi) is 2.20. The number of dihydropyridines is 1. The first-order valence-electron chi connectivity index (χ1n) is 5.01. The summed E-state index contributed by atoms with van der Waals surface area (Å²) in [7, 11) is 0. The molecule has 0 aromatic heterocycles. The van der Waals surface area contributed by atoms with Crippen molar-refractivity contribution in [3.63, 3.8) is 0 Å². The lowest BCUT2D eigenvalue weighted by molar-refractivity contribution is 0.553. The molecular weight excluding hydrogens is 146 g/mol. The fraction of sp³-hybridized carbons (Fsp3) is 0.636. The summed E-state index contributed by atoms with van der Waals surface area (Å²) in [6, 6.07) is 0.533. The van der Waals surface area contributed by atoms with Crippen molar-refractivity contribution in [2.24, 2.45) is 5.92 Å². The molecule has 0 aromatic rings. The zero-order chi connectivity index (χ0) is 8.39. The highest BCUT2D eigenvalue weighted by Crippen LogP contribution is 2.30. The topological polar surface area (TPSA) is 12.0 Å². The van der Waals surface area contributed by atoms with Crippen molar-refractivity contribution in [3.8, 4) is 0 Å². The van der Waals surface area contributed by atoms with Crippen molar-refractivity contribution in [3.05, 3.63) is 23.9 Å². The average molecular weight is 163 g/mol. The second-order valence-corrected chi connectivity index (χ2v) is 3.92. The van der Waals surface area contributed by atoms with Crippen LogP contribution in [0.25, 0.3) is 0 Å². The van der Waals surface area contributed by atoms with Crippen molar-refractivity contribution in [1.29, 1.82) is 0 Å². The summed E-state index contributed by atoms with van der Waals surface area (Å²) in [6.45, 7) is 2.21. The zero-order valence-corrected chi connectivity index (χ0v) is 7.72. The molecule has 12 heavy (non-hydrogen) atoms. The van der Waals surface area contributed by atoms with Gasteiger partial charge in [-0.05, 0) is 31.8 Å². The summed E-state index contributed by atoms with van der Waals surface area (Å²) in [5.74, 6) is 0.831. The van der Waals surface area contributed by atoms with Crippen LogP contribution in [0.4, 0.5) is 0 Å². The summed E-state index contributed by atoms with van der Waals surface area (Å²) >= 11 is 0. The number of allylic oxidation sites excluding steroid dienone is 3. The van der Waals surface area contributed by atoms with Gasteiger partial charge in [0.25, 0.3) is 0 Å². The molecule has 1 N–H and O–H groups in total. The van der Waals surface area contributed by atoms with Crippen LogP contribution in [0.15, 0.2) is 23.9 Å². The molecule has 0 radical (unpaired) electrons. The molecule has 1 aliphatic heterocycles. The molecule has 1 heterocycles. The Labute approximate surface area is 74.5 Å². The van der Waals surface area contributed by atoms with Crippen molar-refractivity contribution < 1.29 is 0 Å². The molecule has 0 saturated heterocycles. The minimum absolute atomic E-state index is 0.533. The van der Waals surface area contributed by atoms with E-state index in [-0.39, 0.29) is 0 Å². The van der Waals surface area contributed by atoms with E-state index < -0.39 is 0 Å². The monoisotopic (exact) mass is 163 g/mol. The standard InChI is InChI=1S/C11H17N/c1-9-5-4-8-11(12-9)10-6-2-3-7-10/h4-5,8-10,12H,2-3,6-7H2,1H3. The van der Waals surface area contributed by atoms with E-state index in [1.165, 1.54) is 31.4 Å². The van der Waals surface area contributed by atoms with Crippen LogP contribution >= 0.6 is 0 Å². The van der Waals surface area contributed by atoms with E-state index in [9.17, 15) is 0 Å². The van der Waals surface area contributed by atoms with E-state index in [1.807, 2.05) is 0 Å². The summed E-state index contributed by atoms with van der Waals surface area (Å²) < 4.78 is 0. The molecule has 0 amide bonds. The Morgan fingerprint density at radius 1 is 1.33 bits per heavy atom. The van der Waals surface area contributed by atoms with Gasteiger partial charge in [-0.15, -0.1) is 0 Å². The Hall–Kier alpha value is -0.720. The highest BCUT2D eigenvalue weighted by Gasteiger charge is 2.20. The number of hydrogen-bond donors (Lipinski definition) is 1. The van der Waals surface area contributed by atoms with Crippen LogP contribution in [0.2, 0.25) is 0 Å². The van der Waals surface area contributed by atoms with Gasteiger partial charge in [-0.1, -0.05) is 25.0 Å². The van der Waals surface area contributed by atoms with E-state index in [1.54, 1.807) is 0 Å². The molecule has 2 rings (SSSR count). The molecule has 0 aromatic carbocycles. The maximum absolute atomic E-state index is 3.53. The third-order valence-corrected chi connectivity index (χ3v) is 2.86. The first kappa shape index (κ1) is 7.90. The van der Waals surface area contributed by atoms with Gasteiger partial charge >= 0.3 is 0 Å². The zero-order valence-electron chi connectivity index (χ0n) is 7.72. The van der Waals surface area contributed by atoms with Crippen molar-refractivity contribution >= 4 is 0 Å². The van der Waals surface area contributed by atoms with Crippen LogP contribution in [-0.2, 0) is 0 Å². The Morgan fingerprint density at radius 3 is 2.75 bits per heavy atom. The number of hydrogen-bond acceptors (Lipinski definition) is 1. The highest BCUT2D eigenvalue weighted by molar-refractivity contribution is 5.21. The second kappa shape index (κ2) is 3.34. The highest BCUT2D eigenvalue weighted by atomic mass is 14.9. The third-order valence-electron chi connectivity index (χ3n) is 2.86. The van der Waals surface area contributed by atoms with E-state index in [0.717, 1.165) is 5.92 Å². The lowest BCUT2D eigenvalue weighted by Crippen LogP contribution is -2.28. The van der Waals surface area contributed by atoms with Gasteiger partial charge in [-0.2, -0.15) is 0 Å². The fourth-order valence-electron chi connectivity index (χ4n) is 2.18. The Balaban J connectivity index is 2.02. The lowest BCUT2D eigenvalue weighted by atomic mass is 10.0. The maximum atomic E-state index is 3.53. The Morgan fingerprint density at radius 2 is 2.08 bits per heavy atom. The van der Waals surface area contributed by atoms with Gasteiger partial charge in [0.05, 0.1) is 0 Å². The molecule has 66 valence electrons. The Bertz CT molecular complexity index is 209.